The number of rotatable bonds is 7. The van der Waals surface area contributed by atoms with Crippen molar-refractivity contribution in [3.8, 4) is 0 Å². The second-order valence-corrected chi connectivity index (χ2v) is 8.06. The first-order valence-electron chi connectivity index (χ1n) is 10.3. The van der Waals surface area contributed by atoms with E-state index in [1.807, 2.05) is 0 Å². The van der Waals surface area contributed by atoms with E-state index in [0.29, 0.717) is 19.0 Å². The molecule has 1 aromatic carbocycles. The van der Waals surface area contributed by atoms with Crippen LogP contribution in [0.1, 0.15) is 52.0 Å². The van der Waals surface area contributed by atoms with Crippen LogP contribution >= 0.6 is 0 Å². The molecule has 1 aromatic rings. The minimum Gasteiger partial charge on any atom is -0.368 e. The Morgan fingerprint density at radius 1 is 1.07 bits per heavy atom. The summed E-state index contributed by atoms with van der Waals surface area (Å²) < 4.78 is 0. The first-order chi connectivity index (χ1) is 12.9. The van der Waals surface area contributed by atoms with Crippen LogP contribution in [0.15, 0.2) is 24.3 Å². The fourth-order valence-corrected chi connectivity index (χ4v) is 3.57. The van der Waals surface area contributed by atoms with Crippen molar-refractivity contribution in [3.63, 3.8) is 0 Å². The summed E-state index contributed by atoms with van der Waals surface area (Å²) in [7, 11) is 0. The molecule has 5 heteroatoms. The second kappa shape index (κ2) is 10.3. The minimum absolute atomic E-state index is 0.0602. The van der Waals surface area contributed by atoms with Gasteiger partial charge in [-0.1, -0.05) is 45.7 Å². The number of amides is 3. The van der Waals surface area contributed by atoms with E-state index in [4.69, 9.17) is 0 Å². The number of aryl methyl sites for hydroxylation is 1. The Bertz CT molecular complexity index is 622. The van der Waals surface area contributed by atoms with Gasteiger partial charge in [-0.3, -0.25) is 10.1 Å². The second-order valence-electron chi connectivity index (χ2n) is 8.06. The van der Waals surface area contributed by atoms with E-state index >= 15 is 0 Å². The van der Waals surface area contributed by atoms with Gasteiger partial charge in [0.15, 0.2) is 0 Å². The number of benzene rings is 1. The standard InChI is InChI=1S/C22H35N3O2/c1-5-7-19(11-10-17(2)3)21(26)23-22(27)25-14-12-24(13-15-25)20-9-6-8-18(4)16-20/h6,8-9,16-17,19H,5,7,10-15H2,1-4H3,(H,23,26,27)/t19-/m0/s1. The van der Waals surface area contributed by atoms with Crippen LogP contribution < -0.4 is 10.2 Å². The lowest BCUT2D eigenvalue weighted by atomic mass is 9.93. The third-order valence-electron chi connectivity index (χ3n) is 5.26. The average molecular weight is 374 g/mol. The molecular weight excluding hydrogens is 338 g/mol. The number of imide groups is 1. The van der Waals surface area contributed by atoms with Crippen LogP contribution in [0.4, 0.5) is 10.5 Å². The highest BCUT2D eigenvalue weighted by molar-refractivity contribution is 5.95. The van der Waals surface area contributed by atoms with Gasteiger partial charge in [0.05, 0.1) is 0 Å². The van der Waals surface area contributed by atoms with Crippen LogP contribution in [0, 0.1) is 18.8 Å². The van der Waals surface area contributed by atoms with Gasteiger partial charge in [-0.2, -0.15) is 0 Å². The Balaban J connectivity index is 1.84. The van der Waals surface area contributed by atoms with Crippen LogP contribution in [-0.2, 0) is 4.79 Å². The number of nitrogens with one attached hydrogen (secondary N) is 1. The van der Waals surface area contributed by atoms with Crippen LogP contribution in [-0.4, -0.2) is 43.0 Å². The fraction of sp³-hybridized carbons (Fsp3) is 0.636. The predicted molar refractivity (Wildman–Crippen MR) is 111 cm³/mol. The van der Waals surface area contributed by atoms with E-state index in [-0.39, 0.29) is 17.9 Å². The first-order valence-corrected chi connectivity index (χ1v) is 10.3. The van der Waals surface area contributed by atoms with E-state index in [1.165, 1.54) is 11.3 Å². The largest absolute Gasteiger partial charge is 0.368 e. The van der Waals surface area contributed by atoms with Gasteiger partial charge < -0.3 is 9.80 Å². The molecule has 1 N–H and O–H groups in total. The lowest BCUT2D eigenvalue weighted by molar-refractivity contribution is -0.124. The number of hydrogen-bond donors (Lipinski definition) is 1. The Morgan fingerprint density at radius 3 is 2.37 bits per heavy atom. The van der Waals surface area contributed by atoms with Gasteiger partial charge in [0.1, 0.15) is 0 Å². The summed E-state index contributed by atoms with van der Waals surface area (Å²) in [6, 6.07) is 8.19. The monoisotopic (exact) mass is 373 g/mol. The van der Waals surface area contributed by atoms with Gasteiger partial charge in [-0.25, -0.2) is 4.79 Å². The van der Waals surface area contributed by atoms with E-state index in [0.717, 1.165) is 38.8 Å². The molecule has 3 amide bonds. The molecule has 0 unspecified atom stereocenters. The summed E-state index contributed by atoms with van der Waals surface area (Å²) in [5.74, 6) is 0.404. The third kappa shape index (κ3) is 6.56. The lowest BCUT2D eigenvalue weighted by Crippen LogP contribution is -2.53. The first kappa shape index (κ1) is 21.3. The molecule has 0 bridgehead atoms. The number of anilines is 1. The van der Waals surface area contributed by atoms with E-state index in [9.17, 15) is 9.59 Å². The molecule has 27 heavy (non-hydrogen) atoms. The molecule has 1 heterocycles. The number of piperazine rings is 1. The third-order valence-corrected chi connectivity index (χ3v) is 5.26. The number of carbonyl (C=O) groups is 2. The summed E-state index contributed by atoms with van der Waals surface area (Å²) in [4.78, 5) is 29.1. The number of urea groups is 1. The number of nitrogens with zero attached hydrogens (tertiary/aromatic N) is 2. The maximum atomic E-state index is 12.6. The van der Waals surface area contributed by atoms with Crippen molar-refractivity contribution in [1.82, 2.24) is 10.2 Å². The van der Waals surface area contributed by atoms with Gasteiger partial charge in [0.2, 0.25) is 5.91 Å². The van der Waals surface area contributed by atoms with Crippen LogP contribution in [0.5, 0.6) is 0 Å². The van der Waals surface area contributed by atoms with E-state index < -0.39 is 0 Å². The molecule has 0 spiro atoms. The van der Waals surface area contributed by atoms with Crippen molar-refractivity contribution in [2.45, 2.75) is 53.4 Å². The van der Waals surface area contributed by atoms with Gasteiger partial charge in [0.25, 0.3) is 0 Å². The van der Waals surface area contributed by atoms with Gasteiger partial charge in [-0.05, 0) is 43.4 Å². The average Bonchev–Trinajstić information content (AvgIpc) is 2.65. The SMILES string of the molecule is CCC[C@@H](CCC(C)C)C(=O)NC(=O)N1CCN(c2cccc(C)c2)CC1. The van der Waals surface area contributed by atoms with Crippen molar-refractivity contribution in [3.05, 3.63) is 29.8 Å². The molecular formula is C22H35N3O2. The molecule has 0 saturated carbocycles. The van der Waals surface area contributed by atoms with Gasteiger partial charge in [0, 0.05) is 37.8 Å². The highest BCUT2D eigenvalue weighted by Gasteiger charge is 2.25. The topological polar surface area (TPSA) is 52.7 Å². The Labute approximate surface area is 164 Å². The molecule has 0 aliphatic carbocycles. The van der Waals surface area contributed by atoms with Crippen molar-refractivity contribution in [1.29, 1.82) is 0 Å². The summed E-state index contributed by atoms with van der Waals surface area (Å²) in [6.07, 6.45) is 3.67. The number of carbonyl (C=O) groups excluding carboxylic acids is 2. The van der Waals surface area contributed by atoms with E-state index in [2.05, 4.69) is 62.2 Å². The molecule has 2 rings (SSSR count). The molecule has 0 radical (unpaired) electrons. The maximum Gasteiger partial charge on any atom is 0.324 e. The molecule has 150 valence electrons. The quantitative estimate of drug-likeness (QED) is 0.779. The van der Waals surface area contributed by atoms with Gasteiger partial charge in [-0.15, -0.1) is 0 Å². The number of hydrogen-bond acceptors (Lipinski definition) is 3. The lowest BCUT2D eigenvalue weighted by Gasteiger charge is -2.36. The van der Waals surface area contributed by atoms with Crippen molar-refractivity contribution >= 4 is 17.6 Å². The molecule has 1 atom stereocenters. The molecule has 5 nitrogen and oxygen atoms in total. The molecule has 1 aliphatic heterocycles. The van der Waals surface area contributed by atoms with Crippen LogP contribution in [0.3, 0.4) is 0 Å². The van der Waals surface area contributed by atoms with E-state index in [1.54, 1.807) is 4.90 Å². The highest BCUT2D eigenvalue weighted by atomic mass is 16.2. The zero-order chi connectivity index (χ0) is 19.8. The Morgan fingerprint density at radius 2 is 1.78 bits per heavy atom. The summed E-state index contributed by atoms with van der Waals surface area (Å²) in [5, 5.41) is 2.65. The van der Waals surface area contributed by atoms with Crippen LogP contribution in [0.25, 0.3) is 0 Å². The smallest absolute Gasteiger partial charge is 0.324 e. The van der Waals surface area contributed by atoms with Crippen molar-refractivity contribution in [2.24, 2.45) is 11.8 Å². The van der Waals surface area contributed by atoms with Crippen molar-refractivity contribution < 1.29 is 9.59 Å². The molecule has 0 aromatic heterocycles. The molecule has 1 saturated heterocycles. The predicted octanol–water partition coefficient (Wildman–Crippen LogP) is 4.21. The van der Waals surface area contributed by atoms with Crippen LogP contribution in [0.2, 0.25) is 0 Å². The van der Waals surface area contributed by atoms with Crippen molar-refractivity contribution in [2.75, 3.05) is 31.1 Å². The normalized spacial score (nSPS) is 15.7. The molecule has 1 aliphatic rings. The molecule has 1 fully saturated rings. The summed E-state index contributed by atoms with van der Waals surface area (Å²) >= 11 is 0. The Kier molecular flexibility index (Phi) is 8.14. The fourth-order valence-electron chi connectivity index (χ4n) is 3.57. The summed E-state index contributed by atoms with van der Waals surface area (Å²) in [5.41, 5.74) is 2.43. The minimum atomic E-state index is -0.241. The zero-order valence-electron chi connectivity index (χ0n) is 17.3. The maximum absolute atomic E-state index is 12.6. The zero-order valence-corrected chi connectivity index (χ0v) is 17.3. The van der Waals surface area contributed by atoms with Gasteiger partial charge >= 0.3 is 6.03 Å². The summed E-state index contributed by atoms with van der Waals surface area (Å²) in [6.45, 7) is 11.4. The Hall–Kier alpha value is -2.04. The highest BCUT2D eigenvalue weighted by Crippen LogP contribution is 2.19.